The summed E-state index contributed by atoms with van der Waals surface area (Å²) in [5.74, 6) is -3.35. The molecule has 0 aliphatic carbocycles. The molecule has 0 saturated heterocycles. The molecule has 0 aliphatic heterocycles. The first-order valence-electron chi connectivity index (χ1n) is 4.18. The maximum Gasteiger partial charge on any atom is 0.400 e. The molecule has 0 saturated carbocycles. The van der Waals surface area contributed by atoms with Crippen LogP contribution in [-0.2, 0) is 0 Å². The number of alkyl halides is 6. The van der Waals surface area contributed by atoms with E-state index >= 15 is 0 Å². The van der Waals surface area contributed by atoms with E-state index in [1.807, 2.05) is 0 Å². The van der Waals surface area contributed by atoms with Gasteiger partial charge in [0.2, 0.25) is 0 Å². The van der Waals surface area contributed by atoms with E-state index in [1.165, 1.54) is 0 Å². The average Bonchev–Trinajstić information content (AvgIpc) is 1.78. The highest BCUT2D eigenvalue weighted by Crippen LogP contribution is 2.42. The highest BCUT2D eigenvalue weighted by atomic mass is 19.4. The zero-order valence-corrected chi connectivity index (χ0v) is 7.84. The molecular weight excluding hydrogens is 210 g/mol. The van der Waals surface area contributed by atoms with E-state index in [0.29, 0.717) is 0 Å². The third-order valence-corrected chi connectivity index (χ3v) is 1.82. The second-order valence-electron chi connectivity index (χ2n) is 3.61. The van der Waals surface area contributed by atoms with Crippen LogP contribution in [-0.4, -0.2) is 12.4 Å². The Balaban J connectivity index is 4.44. The monoisotopic (exact) mass is 222 g/mol. The molecule has 86 valence electrons. The first-order valence-corrected chi connectivity index (χ1v) is 4.18. The summed E-state index contributed by atoms with van der Waals surface area (Å²) >= 11 is 0. The fraction of sp³-hybridized carbons (Fsp3) is 1.00. The van der Waals surface area contributed by atoms with E-state index in [0.717, 1.165) is 0 Å². The summed E-state index contributed by atoms with van der Waals surface area (Å²) in [5, 5.41) is 0. The first kappa shape index (κ1) is 13.6. The highest BCUT2D eigenvalue weighted by molar-refractivity contribution is 4.75. The standard InChI is InChI=1S/C8H12F6/c1-5(2)3-4-6(7(9,10)11)8(12,13)14/h5-6H,3-4H2,1-2H3. The molecular formula is C8H12F6. The summed E-state index contributed by atoms with van der Waals surface area (Å²) in [6.07, 6.45) is -11.3. The zero-order chi connectivity index (χ0) is 11.6. The fourth-order valence-electron chi connectivity index (χ4n) is 1.01. The molecule has 0 heterocycles. The summed E-state index contributed by atoms with van der Waals surface area (Å²) in [6, 6.07) is 0. The van der Waals surface area contributed by atoms with Gasteiger partial charge in [-0.2, -0.15) is 26.3 Å². The summed E-state index contributed by atoms with van der Waals surface area (Å²) in [7, 11) is 0. The van der Waals surface area contributed by atoms with Crippen molar-refractivity contribution in [3.63, 3.8) is 0 Å². The van der Waals surface area contributed by atoms with Crippen molar-refractivity contribution in [1.82, 2.24) is 0 Å². The van der Waals surface area contributed by atoms with Crippen LogP contribution in [0.2, 0.25) is 0 Å². The molecule has 0 aromatic carbocycles. The Morgan fingerprint density at radius 1 is 0.786 bits per heavy atom. The third kappa shape index (κ3) is 4.72. The molecule has 0 bridgehead atoms. The van der Waals surface area contributed by atoms with Crippen LogP contribution in [0.25, 0.3) is 0 Å². The molecule has 0 N–H and O–H groups in total. The Hall–Kier alpha value is -0.420. The lowest BCUT2D eigenvalue weighted by atomic mass is 9.97. The van der Waals surface area contributed by atoms with E-state index in [1.54, 1.807) is 13.8 Å². The van der Waals surface area contributed by atoms with Gasteiger partial charge in [0.1, 0.15) is 0 Å². The van der Waals surface area contributed by atoms with Gasteiger partial charge in [0, 0.05) is 0 Å². The number of hydrogen-bond donors (Lipinski definition) is 0. The average molecular weight is 222 g/mol. The lowest BCUT2D eigenvalue weighted by Crippen LogP contribution is -2.36. The van der Waals surface area contributed by atoms with E-state index in [4.69, 9.17) is 0 Å². The molecule has 0 atom stereocenters. The van der Waals surface area contributed by atoms with Crippen LogP contribution < -0.4 is 0 Å². The molecule has 0 aromatic rings. The molecule has 0 fully saturated rings. The van der Waals surface area contributed by atoms with Gasteiger partial charge in [0.05, 0.1) is 0 Å². The van der Waals surface area contributed by atoms with Crippen LogP contribution >= 0.6 is 0 Å². The van der Waals surface area contributed by atoms with Crippen LogP contribution in [0, 0.1) is 11.8 Å². The van der Waals surface area contributed by atoms with Gasteiger partial charge >= 0.3 is 12.4 Å². The summed E-state index contributed by atoms with van der Waals surface area (Å²) < 4.78 is 71.7. The molecule has 0 aliphatic rings. The van der Waals surface area contributed by atoms with Crippen molar-refractivity contribution in [2.24, 2.45) is 11.8 Å². The maximum atomic E-state index is 11.9. The van der Waals surface area contributed by atoms with Crippen molar-refractivity contribution in [2.75, 3.05) is 0 Å². The second kappa shape index (κ2) is 4.40. The van der Waals surface area contributed by atoms with Gasteiger partial charge in [-0.25, -0.2) is 0 Å². The van der Waals surface area contributed by atoms with Crippen molar-refractivity contribution in [3.05, 3.63) is 0 Å². The van der Waals surface area contributed by atoms with Crippen molar-refractivity contribution in [1.29, 1.82) is 0 Å². The van der Waals surface area contributed by atoms with Crippen LogP contribution in [0.5, 0.6) is 0 Å². The molecule has 0 radical (unpaired) electrons. The smallest absolute Gasteiger partial charge is 0.170 e. The van der Waals surface area contributed by atoms with Gasteiger partial charge in [0.15, 0.2) is 5.92 Å². The zero-order valence-electron chi connectivity index (χ0n) is 7.84. The topological polar surface area (TPSA) is 0 Å². The van der Waals surface area contributed by atoms with Gasteiger partial charge in [-0.15, -0.1) is 0 Å². The summed E-state index contributed by atoms with van der Waals surface area (Å²) in [5.41, 5.74) is 0. The quantitative estimate of drug-likeness (QED) is 0.629. The lowest BCUT2D eigenvalue weighted by molar-refractivity contribution is -0.286. The Morgan fingerprint density at radius 3 is 1.36 bits per heavy atom. The van der Waals surface area contributed by atoms with E-state index in [9.17, 15) is 26.3 Å². The minimum atomic E-state index is -5.19. The van der Waals surface area contributed by atoms with Gasteiger partial charge in [-0.1, -0.05) is 20.3 Å². The largest absolute Gasteiger partial charge is 0.400 e. The summed E-state index contributed by atoms with van der Waals surface area (Å²) in [4.78, 5) is 0. The van der Waals surface area contributed by atoms with Crippen LogP contribution in [0.15, 0.2) is 0 Å². The fourth-order valence-corrected chi connectivity index (χ4v) is 1.01. The predicted octanol–water partition coefficient (Wildman–Crippen LogP) is 4.16. The highest BCUT2D eigenvalue weighted by Gasteiger charge is 2.55. The molecule has 0 amide bonds. The van der Waals surface area contributed by atoms with Crippen LogP contribution in [0.1, 0.15) is 26.7 Å². The SMILES string of the molecule is CC(C)CCC(C(F)(F)F)C(F)(F)F. The summed E-state index contributed by atoms with van der Waals surface area (Å²) in [6.45, 7) is 3.17. The second-order valence-corrected chi connectivity index (χ2v) is 3.61. The van der Waals surface area contributed by atoms with Gasteiger partial charge < -0.3 is 0 Å². The van der Waals surface area contributed by atoms with Crippen molar-refractivity contribution < 1.29 is 26.3 Å². The number of hydrogen-bond acceptors (Lipinski definition) is 0. The Bertz CT molecular complexity index is 152. The van der Waals surface area contributed by atoms with E-state index in [-0.39, 0.29) is 12.3 Å². The Labute approximate surface area is 78.3 Å². The number of rotatable bonds is 3. The normalized spacial score (nSPS) is 14.1. The van der Waals surface area contributed by atoms with Gasteiger partial charge in [-0.05, 0) is 12.3 Å². The molecule has 14 heavy (non-hydrogen) atoms. The Morgan fingerprint density at radius 2 is 1.14 bits per heavy atom. The lowest BCUT2D eigenvalue weighted by Gasteiger charge is -2.23. The minimum absolute atomic E-state index is 0.0797. The first-order chi connectivity index (χ1) is 6.05. The third-order valence-electron chi connectivity index (χ3n) is 1.82. The van der Waals surface area contributed by atoms with Crippen LogP contribution in [0.3, 0.4) is 0 Å². The van der Waals surface area contributed by atoms with Gasteiger partial charge in [-0.3, -0.25) is 0 Å². The van der Waals surface area contributed by atoms with Crippen molar-refractivity contribution >= 4 is 0 Å². The molecule has 0 spiro atoms. The minimum Gasteiger partial charge on any atom is -0.170 e. The van der Waals surface area contributed by atoms with Gasteiger partial charge in [0.25, 0.3) is 0 Å². The predicted molar refractivity (Wildman–Crippen MR) is 39.7 cm³/mol. The van der Waals surface area contributed by atoms with Crippen LogP contribution in [0.4, 0.5) is 26.3 Å². The van der Waals surface area contributed by atoms with E-state index < -0.39 is 24.7 Å². The number of halogens is 6. The molecule has 0 nitrogen and oxygen atoms in total. The molecule has 0 aromatic heterocycles. The van der Waals surface area contributed by atoms with Crippen molar-refractivity contribution in [3.8, 4) is 0 Å². The molecule has 6 heteroatoms. The van der Waals surface area contributed by atoms with E-state index in [2.05, 4.69) is 0 Å². The maximum absolute atomic E-state index is 11.9. The molecule has 0 unspecified atom stereocenters. The molecule has 0 rings (SSSR count). The van der Waals surface area contributed by atoms with Crippen molar-refractivity contribution in [2.45, 2.75) is 39.0 Å². The Kier molecular flexibility index (Phi) is 4.27.